The lowest BCUT2D eigenvalue weighted by Gasteiger charge is -2.14. The lowest BCUT2D eigenvalue weighted by molar-refractivity contribution is 0.387. The molecule has 0 saturated heterocycles. The van der Waals surface area contributed by atoms with Crippen LogP contribution in [0.1, 0.15) is 52.9 Å². The van der Waals surface area contributed by atoms with Crippen LogP contribution in [0.2, 0.25) is 0 Å². The monoisotopic (exact) mass is 167 g/mol. The van der Waals surface area contributed by atoms with Gasteiger partial charge in [0.05, 0.1) is 6.07 Å². The van der Waals surface area contributed by atoms with E-state index in [1.807, 2.05) is 6.92 Å². The fourth-order valence-corrected chi connectivity index (χ4v) is 1.53. The maximum Gasteiger partial charge on any atom is 0.0652 e. The van der Waals surface area contributed by atoms with Gasteiger partial charge in [-0.25, -0.2) is 0 Å². The van der Waals surface area contributed by atoms with Crippen LogP contribution in [-0.4, -0.2) is 0 Å². The predicted octanol–water partition coefficient (Wildman–Crippen LogP) is 3.75. The van der Waals surface area contributed by atoms with Crippen molar-refractivity contribution in [1.82, 2.24) is 0 Å². The summed E-state index contributed by atoms with van der Waals surface area (Å²) < 4.78 is 0. The Kier molecular flexibility index (Phi) is 6.85. The van der Waals surface area contributed by atoms with Gasteiger partial charge in [0, 0.05) is 5.92 Å². The smallest absolute Gasteiger partial charge is 0.0652 e. The molecule has 0 heterocycles. The highest BCUT2D eigenvalue weighted by Gasteiger charge is 2.09. The second kappa shape index (κ2) is 7.16. The third kappa shape index (κ3) is 5.18. The highest BCUT2D eigenvalue weighted by Crippen LogP contribution is 2.20. The van der Waals surface area contributed by atoms with Crippen LogP contribution in [0.25, 0.3) is 0 Å². The highest BCUT2D eigenvalue weighted by molar-refractivity contribution is 4.80. The van der Waals surface area contributed by atoms with Gasteiger partial charge in [-0.2, -0.15) is 5.26 Å². The minimum Gasteiger partial charge on any atom is -0.198 e. The first-order valence-electron chi connectivity index (χ1n) is 5.14. The Morgan fingerprint density at radius 3 is 2.42 bits per heavy atom. The summed E-state index contributed by atoms with van der Waals surface area (Å²) in [7, 11) is 0. The molecule has 1 heteroatoms. The fourth-order valence-electron chi connectivity index (χ4n) is 1.53. The lowest BCUT2D eigenvalue weighted by Crippen LogP contribution is -2.04. The average Bonchev–Trinajstić information content (AvgIpc) is 2.11. The van der Waals surface area contributed by atoms with E-state index in [0.29, 0.717) is 0 Å². The second-order valence-corrected chi connectivity index (χ2v) is 3.68. The Hall–Kier alpha value is -0.510. The minimum absolute atomic E-state index is 0.242. The van der Waals surface area contributed by atoms with Gasteiger partial charge in [0.2, 0.25) is 0 Å². The molecule has 12 heavy (non-hydrogen) atoms. The third-order valence-electron chi connectivity index (χ3n) is 2.45. The lowest BCUT2D eigenvalue weighted by atomic mass is 9.90. The minimum atomic E-state index is 0.242. The molecule has 0 saturated carbocycles. The summed E-state index contributed by atoms with van der Waals surface area (Å²) in [5.74, 6) is 1.02. The maximum atomic E-state index is 8.65. The average molecular weight is 167 g/mol. The molecule has 0 aromatic rings. The molecule has 2 atom stereocenters. The van der Waals surface area contributed by atoms with E-state index >= 15 is 0 Å². The molecule has 0 spiro atoms. The van der Waals surface area contributed by atoms with Crippen molar-refractivity contribution >= 4 is 0 Å². The molecule has 0 aliphatic carbocycles. The van der Waals surface area contributed by atoms with Crippen molar-refractivity contribution in [3.05, 3.63) is 0 Å². The quantitative estimate of drug-likeness (QED) is 0.591. The van der Waals surface area contributed by atoms with Crippen LogP contribution in [0.3, 0.4) is 0 Å². The molecule has 0 aromatic carbocycles. The molecule has 0 N–H and O–H groups in total. The van der Waals surface area contributed by atoms with Crippen molar-refractivity contribution in [2.24, 2.45) is 11.8 Å². The largest absolute Gasteiger partial charge is 0.198 e. The van der Waals surface area contributed by atoms with Crippen LogP contribution in [0.5, 0.6) is 0 Å². The first kappa shape index (κ1) is 11.5. The van der Waals surface area contributed by atoms with Crippen molar-refractivity contribution < 1.29 is 0 Å². The number of unbranched alkanes of at least 4 members (excludes halogenated alkanes) is 1. The molecule has 0 amide bonds. The first-order valence-corrected chi connectivity index (χ1v) is 5.14. The van der Waals surface area contributed by atoms with Gasteiger partial charge in [-0.05, 0) is 19.3 Å². The number of hydrogen-bond acceptors (Lipinski definition) is 1. The summed E-state index contributed by atoms with van der Waals surface area (Å²) >= 11 is 0. The van der Waals surface area contributed by atoms with Crippen LogP contribution >= 0.6 is 0 Å². The van der Waals surface area contributed by atoms with E-state index in [2.05, 4.69) is 19.9 Å². The molecule has 0 rings (SSSR count). The maximum absolute atomic E-state index is 8.65. The van der Waals surface area contributed by atoms with Gasteiger partial charge >= 0.3 is 0 Å². The van der Waals surface area contributed by atoms with E-state index < -0.39 is 0 Å². The molecular formula is C11H21N. The van der Waals surface area contributed by atoms with Crippen LogP contribution < -0.4 is 0 Å². The van der Waals surface area contributed by atoms with Gasteiger partial charge in [-0.3, -0.25) is 0 Å². The molecule has 0 aromatic heterocycles. The molecule has 0 fully saturated rings. The van der Waals surface area contributed by atoms with Gasteiger partial charge in [0.15, 0.2) is 0 Å². The second-order valence-electron chi connectivity index (χ2n) is 3.68. The molecule has 0 aliphatic rings. The van der Waals surface area contributed by atoms with E-state index in [9.17, 15) is 0 Å². The number of rotatable bonds is 6. The highest BCUT2D eigenvalue weighted by atomic mass is 14.3. The van der Waals surface area contributed by atoms with E-state index in [1.165, 1.54) is 25.7 Å². The van der Waals surface area contributed by atoms with Crippen LogP contribution in [0, 0.1) is 23.2 Å². The van der Waals surface area contributed by atoms with E-state index in [-0.39, 0.29) is 5.92 Å². The van der Waals surface area contributed by atoms with Gasteiger partial charge in [0.1, 0.15) is 0 Å². The molecule has 70 valence electrons. The Morgan fingerprint density at radius 2 is 2.00 bits per heavy atom. The van der Waals surface area contributed by atoms with Gasteiger partial charge < -0.3 is 0 Å². The standard InChI is InChI=1S/C11H21N/c1-4-6-7-11(5-2)8-10(3)9-12/h10-11H,4-8H2,1-3H3. The summed E-state index contributed by atoms with van der Waals surface area (Å²) in [5, 5.41) is 8.65. The molecule has 0 bridgehead atoms. The zero-order valence-electron chi connectivity index (χ0n) is 8.64. The summed E-state index contributed by atoms with van der Waals surface area (Å²) in [6, 6.07) is 2.31. The molecule has 1 nitrogen and oxygen atoms in total. The number of hydrogen-bond donors (Lipinski definition) is 0. The van der Waals surface area contributed by atoms with Crippen molar-refractivity contribution in [2.75, 3.05) is 0 Å². The van der Waals surface area contributed by atoms with Crippen LogP contribution in [-0.2, 0) is 0 Å². The van der Waals surface area contributed by atoms with Gasteiger partial charge in [-0.1, -0.05) is 39.5 Å². The zero-order chi connectivity index (χ0) is 9.40. The molecule has 0 radical (unpaired) electrons. The Balaban J connectivity index is 3.60. The fraction of sp³-hybridized carbons (Fsp3) is 0.909. The Bertz CT molecular complexity index is 134. The number of nitrogens with zero attached hydrogens (tertiary/aromatic N) is 1. The predicted molar refractivity (Wildman–Crippen MR) is 52.7 cm³/mol. The normalized spacial score (nSPS) is 15.2. The SMILES string of the molecule is CCCCC(CC)CC(C)C#N. The van der Waals surface area contributed by atoms with E-state index in [1.54, 1.807) is 0 Å². The van der Waals surface area contributed by atoms with Crippen molar-refractivity contribution in [2.45, 2.75) is 52.9 Å². The summed E-state index contributed by atoms with van der Waals surface area (Å²) in [6.07, 6.45) is 6.21. The molecule has 2 unspecified atom stereocenters. The van der Waals surface area contributed by atoms with Crippen molar-refractivity contribution in [3.8, 4) is 6.07 Å². The number of nitriles is 1. The van der Waals surface area contributed by atoms with Crippen LogP contribution in [0.15, 0.2) is 0 Å². The molecular weight excluding hydrogens is 146 g/mol. The zero-order valence-corrected chi connectivity index (χ0v) is 8.64. The molecule has 0 aliphatic heterocycles. The summed E-state index contributed by atoms with van der Waals surface area (Å²) in [5.41, 5.74) is 0. The van der Waals surface area contributed by atoms with Crippen molar-refractivity contribution in [1.29, 1.82) is 5.26 Å². The third-order valence-corrected chi connectivity index (χ3v) is 2.45. The topological polar surface area (TPSA) is 23.8 Å². The first-order chi connectivity index (χ1) is 5.74. The Morgan fingerprint density at radius 1 is 1.33 bits per heavy atom. The van der Waals surface area contributed by atoms with E-state index in [0.717, 1.165) is 12.3 Å². The summed E-state index contributed by atoms with van der Waals surface area (Å²) in [4.78, 5) is 0. The van der Waals surface area contributed by atoms with Gasteiger partial charge in [-0.15, -0.1) is 0 Å². The van der Waals surface area contributed by atoms with Crippen molar-refractivity contribution in [3.63, 3.8) is 0 Å². The Labute approximate surface area is 76.8 Å². The van der Waals surface area contributed by atoms with Crippen LogP contribution in [0.4, 0.5) is 0 Å². The summed E-state index contributed by atoms with van der Waals surface area (Å²) in [6.45, 7) is 6.47. The van der Waals surface area contributed by atoms with Gasteiger partial charge in [0.25, 0.3) is 0 Å². The van der Waals surface area contributed by atoms with E-state index in [4.69, 9.17) is 5.26 Å².